The van der Waals surface area contributed by atoms with E-state index in [9.17, 15) is 4.79 Å². The number of aromatic nitrogens is 1. The van der Waals surface area contributed by atoms with Gasteiger partial charge in [0.25, 0.3) is 5.91 Å². The molecule has 0 unspecified atom stereocenters. The Morgan fingerprint density at radius 3 is 2.14 bits per heavy atom. The summed E-state index contributed by atoms with van der Waals surface area (Å²) in [5.74, 6) is 0.627. The third kappa shape index (κ3) is 3.80. The number of thiazole rings is 1. The number of methoxy groups -OCH3 is 1. The van der Waals surface area contributed by atoms with Gasteiger partial charge in [0.05, 0.1) is 17.7 Å². The van der Waals surface area contributed by atoms with Crippen LogP contribution < -0.4 is 10.1 Å². The predicted molar refractivity (Wildman–Crippen MR) is 114 cm³/mol. The van der Waals surface area contributed by atoms with E-state index < -0.39 is 0 Å². The summed E-state index contributed by atoms with van der Waals surface area (Å²) >= 11 is 1.46. The monoisotopic (exact) mass is 386 g/mol. The summed E-state index contributed by atoms with van der Waals surface area (Å²) < 4.78 is 5.26. The van der Waals surface area contributed by atoms with Crippen LogP contribution in [-0.4, -0.2) is 18.0 Å². The second kappa shape index (κ2) is 8.06. The fourth-order valence-electron chi connectivity index (χ4n) is 2.86. The highest BCUT2D eigenvalue weighted by atomic mass is 32.1. The quantitative estimate of drug-likeness (QED) is 0.476. The van der Waals surface area contributed by atoms with E-state index in [1.807, 2.05) is 72.8 Å². The maximum atomic E-state index is 12.5. The molecule has 4 aromatic rings. The zero-order chi connectivity index (χ0) is 19.3. The number of nitrogens with one attached hydrogen (secondary N) is 1. The van der Waals surface area contributed by atoms with Crippen LogP contribution in [0.15, 0.2) is 84.9 Å². The minimum absolute atomic E-state index is 0.171. The summed E-state index contributed by atoms with van der Waals surface area (Å²) in [7, 11) is 1.65. The normalized spacial score (nSPS) is 10.5. The van der Waals surface area contributed by atoms with Crippen LogP contribution in [0, 0.1) is 0 Å². The van der Waals surface area contributed by atoms with Gasteiger partial charge in [-0.2, -0.15) is 0 Å². The van der Waals surface area contributed by atoms with Crippen molar-refractivity contribution in [2.75, 3.05) is 12.4 Å². The minimum Gasteiger partial charge on any atom is -0.497 e. The molecule has 1 amide bonds. The van der Waals surface area contributed by atoms with Gasteiger partial charge in [0.2, 0.25) is 0 Å². The fraction of sp³-hybridized carbons (Fsp3) is 0.0435. The van der Waals surface area contributed by atoms with Gasteiger partial charge in [-0.1, -0.05) is 59.9 Å². The lowest BCUT2D eigenvalue weighted by molar-refractivity contribution is 0.102. The molecule has 1 heterocycles. The largest absolute Gasteiger partial charge is 0.497 e. The van der Waals surface area contributed by atoms with Crippen molar-refractivity contribution >= 4 is 22.4 Å². The SMILES string of the molecule is COc1ccc(-c2sc(NC(=O)c3ccccc3)nc2-c2ccccc2)cc1. The predicted octanol–water partition coefficient (Wildman–Crippen LogP) is 5.74. The van der Waals surface area contributed by atoms with Gasteiger partial charge in [-0.05, 0) is 42.0 Å². The number of benzene rings is 3. The number of carbonyl (C=O) groups is 1. The minimum atomic E-state index is -0.171. The Bertz CT molecular complexity index is 1070. The van der Waals surface area contributed by atoms with Crippen LogP contribution in [0.3, 0.4) is 0 Å². The lowest BCUT2D eigenvalue weighted by Crippen LogP contribution is -2.11. The van der Waals surface area contributed by atoms with Crippen molar-refractivity contribution in [2.45, 2.75) is 0 Å². The van der Waals surface area contributed by atoms with E-state index in [4.69, 9.17) is 9.72 Å². The summed E-state index contributed by atoms with van der Waals surface area (Å²) in [6.07, 6.45) is 0. The highest BCUT2D eigenvalue weighted by Crippen LogP contribution is 2.39. The molecular formula is C23H18N2O2S. The molecule has 4 rings (SSSR count). The van der Waals surface area contributed by atoms with Crippen LogP contribution in [0.1, 0.15) is 10.4 Å². The Kier molecular flexibility index (Phi) is 5.17. The highest BCUT2D eigenvalue weighted by Gasteiger charge is 2.17. The molecule has 0 aliphatic heterocycles. The van der Waals surface area contributed by atoms with E-state index in [0.717, 1.165) is 27.4 Å². The zero-order valence-electron chi connectivity index (χ0n) is 15.3. The van der Waals surface area contributed by atoms with Crippen molar-refractivity contribution in [3.63, 3.8) is 0 Å². The molecule has 0 radical (unpaired) electrons. The van der Waals surface area contributed by atoms with E-state index in [1.165, 1.54) is 11.3 Å². The molecular weight excluding hydrogens is 368 g/mol. The fourth-order valence-corrected chi connectivity index (χ4v) is 3.85. The lowest BCUT2D eigenvalue weighted by atomic mass is 10.1. The summed E-state index contributed by atoms with van der Waals surface area (Å²) in [5, 5.41) is 3.49. The number of amides is 1. The average molecular weight is 386 g/mol. The molecule has 0 atom stereocenters. The van der Waals surface area contributed by atoms with Gasteiger partial charge < -0.3 is 4.74 Å². The Morgan fingerprint density at radius 2 is 1.50 bits per heavy atom. The topological polar surface area (TPSA) is 51.2 Å². The highest BCUT2D eigenvalue weighted by molar-refractivity contribution is 7.19. The molecule has 0 saturated carbocycles. The van der Waals surface area contributed by atoms with Crippen LogP contribution in [0.2, 0.25) is 0 Å². The van der Waals surface area contributed by atoms with Gasteiger partial charge in [-0.3, -0.25) is 10.1 Å². The van der Waals surface area contributed by atoms with Crippen molar-refractivity contribution in [3.8, 4) is 27.4 Å². The first-order valence-electron chi connectivity index (χ1n) is 8.81. The maximum absolute atomic E-state index is 12.5. The molecule has 1 aromatic heterocycles. The number of hydrogen-bond acceptors (Lipinski definition) is 4. The van der Waals surface area contributed by atoms with Gasteiger partial charge in [0, 0.05) is 11.1 Å². The molecule has 0 bridgehead atoms. The molecule has 0 spiro atoms. The molecule has 4 nitrogen and oxygen atoms in total. The Hall–Kier alpha value is -3.44. The molecule has 138 valence electrons. The van der Waals surface area contributed by atoms with E-state index in [1.54, 1.807) is 19.2 Å². The van der Waals surface area contributed by atoms with Crippen LogP contribution >= 0.6 is 11.3 Å². The third-order valence-corrected chi connectivity index (χ3v) is 5.30. The standard InChI is InChI=1S/C23H18N2O2S/c1-27-19-14-12-17(13-15-19)21-20(16-8-4-2-5-9-16)24-23(28-21)25-22(26)18-10-6-3-7-11-18/h2-15H,1H3,(H,24,25,26). The second-order valence-corrected chi connectivity index (χ2v) is 7.11. The Balaban J connectivity index is 1.72. The molecule has 5 heteroatoms. The number of anilines is 1. The van der Waals surface area contributed by atoms with E-state index in [0.29, 0.717) is 10.7 Å². The van der Waals surface area contributed by atoms with E-state index >= 15 is 0 Å². The number of ether oxygens (including phenoxy) is 1. The molecule has 28 heavy (non-hydrogen) atoms. The van der Waals surface area contributed by atoms with Gasteiger partial charge in [0.1, 0.15) is 5.75 Å². The summed E-state index contributed by atoms with van der Waals surface area (Å²) in [4.78, 5) is 18.2. The molecule has 0 fully saturated rings. The van der Waals surface area contributed by atoms with E-state index in [2.05, 4.69) is 5.32 Å². The average Bonchev–Trinajstić information content (AvgIpc) is 3.19. The van der Waals surface area contributed by atoms with Crippen molar-refractivity contribution in [2.24, 2.45) is 0 Å². The van der Waals surface area contributed by atoms with Crippen LogP contribution in [0.5, 0.6) is 5.75 Å². The van der Waals surface area contributed by atoms with Gasteiger partial charge in [0.15, 0.2) is 5.13 Å². The van der Waals surface area contributed by atoms with Gasteiger partial charge in [-0.15, -0.1) is 0 Å². The van der Waals surface area contributed by atoms with Crippen molar-refractivity contribution in [1.82, 2.24) is 4.98 Å². The zero-order valence-corrected chi connectivity index (χ0v) is 16.1. The van der Waals surface area contributed by atoms with Crippen molar-refractivity contribution in [1.29, 1.82) is 0 Å². The molecule has 0 saturated heterocycles. The Labute approximate surface area is 167 Å². The van der Waals surface area contributed by atoms with Crippen molar-refractivity contribution in [3.05, 3.63) is 90.5 Å². The lowest BCUT2D eigenvalue weighted by Gasteiger charge is -2.04. The van der Waals surface area contributed by atoms with Crippen LogP contribution in [0.25, 0.3) is 21.7 Å². The summed E-state index contributed by atoms with van der Waals surface area (Å²) in [5.41, 5.74) is 3.48. The van der Waals surface area contributed by atoms with Gasteiger partial charge >= 0.3 is 0 Å². The molecule has 0 aliphatic rings. The smallest absolute Gasteiger partial charge is 0.257 e. The number of rotatable bonds is 5. The third-order valence-electron chi connectivity index (χ3n) is 4.28. The first-order chi connectivity index (χ1) is 13.7. The number of carbonyl (C=O) groups excluding carboxylic acids is 1. The maximum Gasteiger partial charge on any atom is 0.257 e. The molecule has 1 N–H and O–H groups in total. The van der Waals surface area contributed by atoms with Gasteiger partial charge in [-0.25, -0.2) is 4.98 Å². The number of nitrogens with zero attached hydrogens (tertiary/aromatic N) is 1. The number of hydrogen-bond donors (Lipinski definition) is 1. The van der Waals surface area contributed by atoms with Crippen molar-refractivity contribution < 1.29 is 9.53 Å². The second-order valence-electron chi connectivity index (χ2n) is 6.11. The first-order valence-corrected chi connectivity index (χ1v) is 9.63. The van der Waals surface area contributed by atoms with E-state index in [-0.39, 0.29) is 5.91 Å². The van der Waals surface area contributed by atoms with Crippen LogP contribution in [0.4, 0.5) is 5.13 Å². The molecule has 3 aromatic carbocycles. The summed E-state index contributed by atoms with van der Waals surface area (Å²) in [6.45, 7) is 0. The molecule has 0 aliphatic carbocycles. The van der Waals surface area contributed by atoms with Crippen LogP contribution in [-0.2, 0) is 0 Å². The first kappa shape index (κ1) is 17.9. The summed E-state index contributed by atoms with van der Waals surface area (Å²) in [6, 6.07) is 27.0. The Morgan fingerprint density at radius 1 is 0.857 bits per heavy atom.